The SMILES string of the molecule is Cc1nc(C)c(C2=CC(F)=CCC=C2)s1. The Labute approximate surface area is 92.7 Å². The summed E-state index contributed by atoms with van der Waals surface area (Å²) in [4.78, 5) is 5.41. The first-order chi connectivity index (χ1) is 7.16. The monoisotopic (exact) mass is 221 g/mol. The summed E-state index contributed by atoms with van der Waals surface area (Å²) in [5.74, 6) is -0.166. The van der Waals surface area contributed by atoms with Crippen LogP contribution >= 0.6 is 11.3 Å². The van der Waals surface area contributed by atoms with Crippen molar-refractivity contribution in [3.8, 4) is 0 Å². The molecular weight excluding hydrogens is 209 g/mol. The van der Waals surface area contributed by atoms with Crippen molar-refractivity contribution in [3.63, 3.8) is 0 Å². The van der Waals surface area contributed by atoms with Gasteiger partial charge in [0, 0.05) is 0 Å². The van der Waals surface area contributed by atoms with Gasteiger partial charge in [-0.25, -0.2) is 9.37 Å². The van der Waals surface area contributed by atoms with E-state index < -0.39 is 0 Å². The molecule has 0 atom stereocenters. The lowest BCUT2D eigenvalue weighted by Crippen LogP contribution is -1.80. The van der Waals surface area contributed by atoms with Crippen LogP contribution in [0.4, 0.5) is 4.39 Å². The molecule has 15 heavy (non-hydrogen) atoms. The topological polar surface area (TPSA) is 12.9 Å². The van der Waals surface area contributed by atoms with Crippen molar-refractivity contribution in [1.82, 2.24) is 4.98 Å². The Morgan fingerprint density at radius 3 is 2.87 bits per heavy atom. The number of nitrogens with zero attached hydrogens (tertiary/aromatic N) is 1. The van der Waals surface area contributed by atoms with Crippen molar-refractivity contribution in [3.05, 3.63) is 45.7 Å². The van der Waals surface area contributed by atoms with Gasteiger partial charge in [-0.1, -0.05) is 12.2 Å². The van der Waals surface area contributed by atoms with Gasteiger partial charge in [-0.2, -0.15) is 0 Å². The first-order valence-corrected chi connectivity index (χ1v) is 5.67. The molecule has 78 valence electrons. The summed E-state index contributed by atoms with van der Waals surface area (Å²) in [5.41, 5.74) is 1.90. The van der Waals surface area contributed by atoms with Gasteiger partial charge in [-0.05, 0) is 38.0 Å². The lowest BCUT2D eigenvalue weighted by molar-refractivity contribution is 0.664. The minimum Gasteiger partial charge on any atom is -0.246 e. The predicted octanol–water partition coefficient (Wildman–Crippen LogP) is 3.96. The van der Waals surface area contributed by atoms with Crippen LogP contribution in [-0.2, 0) is 0 Å². The van der Waals surface area contributed by atoms with Crippen molar-refractivity contribution < 1.29 is 4.39 Å². The Kier molecular flexibility index (Phi) is 2.82. The average Bonchev–Trinajstić information content (AvgIpc) is 2.38. The first kappa shape index (κ1) is 10.3. The summed E-state index contributed by atoms with van der Waals surface area (Å²) in [6, 6.07) is 0. The molecular formula is C12H12FNS. The minimum absolute atomic E-state index is 0.166. The maximum atomic E-state index is 13.2. The highest BCUT2D eigenvalue weighted by atomic mass is 32.1. The van der Waals surface area contributed by atoms with Crippen LogP contribution in [0.2, 0.25) is 0 Å². The van der Waals surface area contributed by atoms with Crippen molar-refractivity contribution in [2.45, 2.75) is 20.3 Å². The molecule has 0 unspecified atom stereocenters. The normalized spacial score (nSPS) is 15.9. The standard InChI is InChI=1S/C12H12FNS/c1-8-12(15-9(2)14-8)10-5-3-4-6-11(13)7-10/h3,5-7H,4H2,1-2H3. The highest BCUT2D eigenvalue weighted by Gasteiger charge is 2.09. The lowest BCUT2D eigenvalue weighted by Gasteiger charge is -1.97. The number of hydrogen-bond acceptors (Lipinski definition) is 2. The second-order valence-corrected chi connectivity index (χ2v) is 4.68. The number of hydrogen-bond donors (Lipinski definition) is 0. The Bertz CT molecular complexity index is 466. The van der Waals surface area contributed by atoms with Crippen molar-refractivity contribution in [2.75, 3.05) is 0 Å². The van der Waals surface area contributed by atoms with E-state index in [4.69, 9.17) is 0 Å². The van der Waals surface area contributed by atoms with Gasteiger partial charge >= 0.3 is 0 Å². The van der Waals surface area contributed by atoms with Gasteiger partial charge in [0.25, 0.3) is 0 Å². The van der Waals surface area contributed by atoms with Crippen LogP contribution < -0.4 is 0 Å². The predicted molar refractivity (Wildman–Crippen MR) is 62.5 cm³/mol. The highest BCUT2D eigenvalue weighted by Crippen LogP contribution is 2.29. The van der Waals surface area contributed by atoms with Gasteiger partial charge in [0.1, 0.15) is 5.83 Å². The van der Waals surface area contributed by atoms with E-state index in [2.05, 4.69) is 4.98 Å². The molecule has 0 radical (unpaired) electrons. The van der Waals surface area contributed by atoms with E-state index in [1.165, 1.54) is 0 Å². The Morgan fingerprint density at radius 1 is 1.40 bits per heavy atom. The number of aromatic nitrogens is 1. The van der Waals surface area contributed by atoms with Gasteiger partial charge in [-0.3, -0.25) is 0 Å². The van der Waals surface area contributed by atoms with Crippen molar-refractivity contribution in [1.29, 1.82) is 0 Å². The van der Waals surface area contributed by atoms with Gasteiger partial charge in [0.05, 0.1) is 15.6 Å². The first-order valence-electron chi connectivity index (χ1n) is 4.85. The molecule has 1 aliphatic carbocycles. The fraction of sp³-hybridized carbons (Fsp3) is 0.250. The maximum absolute atomic E-state index is 13.2. The summed E-state index contributed by atoms with van der Waals surface area (Å²) in [6.07, 6.45) is 7.73. The molecule has 0 bridgehead atoms. The van der Waals surface area contributed by atoms with Crippen LogP contribution in [0.3, 0.4) is 0 Å². The number of rotatable bonds is 1. The van der Waals surface area contributed by atoms with E-state index >= 15 is 0 Å². The average molecular weight is 221 g/mol. The Balaban J connectivity index is 2.46. The third-order valence-corrected chi connectivity index (χ3v) is 3.33. The molecule has 3 heteroatoms. The zero-order valence-corrected chi connectivity index (χ0v) is 9.57. The molecule has 0 spiro atoms. The van der Waals surface area contributed by atoms with Gasteiger partial charge in [0.2, 0.25) is 0 Å². The van der Waals surface area contributed by atoms with Crippen LogP contribution in [0, 0.1) is 13.8 Å². The Hall–Kier alpha value is -1.22. The molecule has 1 heterocycles. The van der Waals surface area contributed by atoms with Gasteiger partial charge in [-0.15, -0.1) is 11.3 Å². The van der Waals surface area contributed by atoms with E-state index in [0.717, 1.165) is 21.2 Å². The number of thiazole rings is 1. The quantitative estimate of drug-likeness (QED) is 0.699. The van der Waals surface area contributed by atoms with Crippen LogP contribution in [-0.4, -0.2) is 4.98 Å². The van der Waals surface area contributed by atoms with Gasteiger partial charge in [0.15, 0.2) is 0 Å². The molecule has 0 N–H and O–H groups in total. The summed E-state index contributed by atoms with van der Waals surface area (Å²) in [6.45, 7) is 3.92. The fourth-order valence-electron chi connectivity index (χ4n) is 1.57. The van der Waals surface area contributed by atoms with E-state index in [9.17, 15) is 4.39 Å². The summed E-state index contributed by atoms with van der Waals surface area (Å²) in [5, 5.41) is 1.02. The maximum Gasteiger partial charge on any atom is 0.120 e. The van der Waals surface area contributed by atoms with Gasteiger partial charge < -0.3 is 0 Å². The van der Waals surface area contributed by atoms with E-state index in [1.807, 2.05) is 26.0 Å². The summed E-state index contributed by atoms with van der Waals surface area (Å²) >= 11 is 1.61. The van der Waals surface area contributed by atoms with E-state index in [-0.39, 0.29) is 5.83 Å². The molecule has 0 saturated heterocycles. The molecule has 1 aromatic heterocycles. The largest absolute Gasteiger partial charge is 0.246 e. The Morgan fingerprint density at radius 2 is 2.20 bits per heavy atom. The fourth-order valence-corrected chi connectivity index (χ4v) is 2.49. The van der Waals surface area contributed by atoms with Crippen LogP contribution in [0.5, 0.6) is 0 Å². The summed E-state index contributed by atoms with van der Waals surface area (Å²) < 4.78 is 13.2. The molecule has 0 amide bonds. The zero-order valence-electron chi connectivity index (χ0n) is 8.75. The third-order valence-electron chi connectivity index (χ3n) is 2.21. The molecule has 0 aromatic carbocycles. The van der Waals surface area contributed by atoms with Crippen LogP contribution in [0.1, 0.15) is 22.0 Å². The third kappa shape index (κ3) is 2.23. The van der Waals surface area contributed by atoms with Crippen LogP contribution in [0.25, 0.3) is 5.57 Å². The second-order valence-electron chi connectivity index (χ2n) is 3.47. The molecule has 1 aliphatic rings. The number of aryl methyl sites for hydroxylation is 2. The zero-order chi connectivity index (χ0) is 10.8. The lowest BCUT2D eigenvalue weighted by atomic mass is 10.1. The molecule has 0 saturated carbocycles. The highest BCUT2D eigenvalue weighted by molar-refractivity contribution is 7.12. The second kappa shape index (κ2) is 4.11. The van der Waals surface area contributed by atoms with E-state index in [1.54, 1.807) is 23.5 Å². The molecule has 1 aromatic rings. The number of halogens is 1. The smallest absolute Gasteiger partial charge is 0.120 e. The molecule has 0 fully saturated rings. The van der Waals surface area contributed by atoms with Crippen LogP contribution in [0.15, 0.2) is 30.1 Å². The number of allylic oxidation sites excluding steroid dienone is 6. The van der Waals surface area contributed by atoms with Crippen molar-refractivity contribution >= 4 is 16.9 Å². The molecule has 2 rings (SSSR count). The summed E-state index contributed by atoms with van der Waals surface area (Å²) in [7, 11) is 0. The minimum atomic E-state index is -0.166. The van der Waals surface area contributed by atoms with Crippen molar-refractivity contribution in [2.24, 2.45) is 0 Å². The van der Waals surface area contributed by atoms with E-state index in [0.29, 0.717) is 6.42 Å². The molecule has 1 nitrogen and oxygen atoms in total. The molecule has 0 aliphatic heterocycles.